The average molecular weight is 129 g/mol. The van der Waals surface area contributed by atoms with Gasteiger partial charge in [-0.15, -0.1) is 0 Å². The van der Waals surface area contributed by atoms with Gasteiger partial charge in [-0.2, -0.15) is 0 Å². The molecule has 1 saturated heterocycles. The van der Waals surface area contributed by atoms with Crippen LogP contribution in [0, 0.1) is 0 Å². The number of hydrogen-bond acceptors (Lipinski definition) is 2. The summed E-state index contributed by atoms with van der Waals surface area (Å²) < 4.78 is 5.20. The molecule has 0 aromatic carbocycles. The van der Waals surface area contributed by atoms with Crippen molar-refractivity contribution >= 4 is 0 Å². The van der Waals surface area contributed by atoms with Crippen molar-refractivity contribution in [2.45, 2.75) is 32.4 Å². The lowest BCUT2D eigenvalue weighted by Crippen LogP contribution is -2.34. The van der Waals surface area contributed by atoms with E-state index >= 15 is 0 Å². The molecule has 0 aromatic rings. The van der Waals surface area contributed by atoms with E-state index in [0.717, 1.165) is 13.2 Å². The molecular weight excluding hydrogens is 114 g/mol. The molecule has 0 bridgehead atoms. The highest BCUT2D eigenvalue weighted by Gasteiger charge is 2.14. The summed E-state index contributed by atoms with van der Waals surface area (Å²) in [5.74, 6) is 0. The molecule has 0 spiro atoms. The Kier molecular flexibility index (Phi) is 2.49. The third kappa shape index (κ3) is 2.33. The zero-order chi connectivity index (χ0) is 6.69. The zero-order valence-electron chi connectivity index (χ0n) is 6.18. The molecule has 0 saturated carbocycles. The normalized spacial score (nSPS) is 27.7. The van der Waals surface area contributed by atoms with Gasteiger partial charge in [0.2, 0.25) is 0 Å². The molecule has 2 nitrogen and oxygen atoms in total. The van der Waals surface area contributed by atoms with Gasteiger partial charge in [-0.25, -0.2) is 0 Å². The van der Waals surface area contributed by atoms with Gasteiger partial charge >= 0.3 is 0 Å². The summed E-state index contributed by atoms with van der Waals surface area (Å²) in [6, 6.07) is 1.21. The summed E-state index contributed by atoms with van der Waals surface area (Å²) in [6.07, 6.45) is 1.18. The minimum atomic E-state index is 0.594. The summed E-state index contributed by atoms with van der Waals surface area (Å²) in [6.45, 7) is 6.17. The predicted octanol–water partition coefficient (Wildman–Crippen LogP) is 0.773. The molecule has 1 aliphatic rings. The Hall–Kier alpha value is -0.0800. The van der Waals surface area contributed by atoms with Crippen molar-refractivity contribution in [1.29, 1.82) is 0 Å². The Bertz CT molecular complexity index is 77.0. The van der Waals surface area contributed by atoms with Gasteiger partial charge < -0.3 is 10.1 Å². The van der Waals surface area contributed by atoms with E-state index in [0.29, 0.717) is 12.1 Å². The quantitative estimate of drug-likeness (QED) is 0.594. The molecule has 1 fully saturated rings. The zero-order valence-corrected chi connectivity index (χ0v) is 6.18. The molecule has 1 aliphatic heterocycles. The largest absolute Gasteiger partial charge is 0.380 e. The Morgan fingerprint density at radius 3 is 2.78 bits per heavy atom. The van der Waals surface area contributed by atoms with Gasteiger partial charge in [0.25, 0.3) is 0 Å². The first kappa shape index (κ1) is 7.03. The lowest BCUT2D eigenvalue weighted by molar-refractivity contribution is 0.188. The fourth-order valence-electron chi connectivity index (χ4n) is 1.14. The van der Waals surface area contributed by atoms with Crippen LogP contribution in [0.25, 0.3) is 0 Å². The van der Waals surface area contributed by atoms with Crippen LogP contribution in [0.2, 0.25) is 0 Å². The highest BCUT2D eigenvalue weighted by Crippen LogP contribution is 2.03. The molecule has 0 aromatic heterocycles. The van der Waals surface area contributed by atoms with Crippen molar-refractivity contribution in [3.63, 3.8) is 0 Å². The molecule has 0 aliphatic carbocycles. The molecular formula is C7H15NO. The fraction of sp³-hybridized carbons (Fsp3) is 1.00. The monoisotopic (exact) mass is 129 g/mol. The second-order valence-electron chi connectivity index (χ2n) is 2.88. The van der Waals surface area contributed by atoms with Crippen LogP contribution in [0.4, 0.5) is 0 Å². The molecule has 54 valence electrons. The van der Waals surface area contributed by atoms with Crippen LogP contribution in [-0.2, 0) is 4.74 Å². The summed E-state index contributed by atoms with van der Waals surface area (Å²) in [5.41, 5.74) is 0. The molecule has 2 heteroatoms. The summed E-state index contributed by atoms with van der Waals surface area (Å²) >= 11 is 0. The van der Waals surface area contributed by atoms with Crippen LogP contribution in [-0.4, -0.2) is 25.3 Å². The van der Waals surface area contributed by atoms with E-state index in [-0.39, 0.29) is 0 Å². The van der Waals surface area contributed by atoms with E-state index in [9.17, 15) is 0 Å². The van der Waals surface area contributed by atoms with Crippen molar-refractivity contribution in [2.24, 2.45) is 0 Å². The summed E-state index contributed by atoms with van der Waals surface area (Å²) in [7, 11) is 0. The molecule has 1 atom stereocenters. The average Bonchev–Trinajstić information content (AvgIpc) is 2.15. The minimum Gasteiger partial charge on any atom is -0.380 e. The van der Waals surface area contributed by atoms with Crippen molar-refractivity contribution in [3.05, 3.63) is 0 Å². The molecule has 9 heavy (non-hydrogen) atoms. The maximum absolute atomic E-state index is 5.20. The first-order chi connectivity index (χ1) is 4.29. The summed E-state index contributed by atoms with van der Waals surface area (Å²) in [5, 5.41) is 3.42. The second-order valence-corrected chi connectivity index (χ2v) is 2.88. The van der Waals surface area contributed by atoms with Crippen molar-refractivity contribution in [3.8, 4) is 0 Å². The van der Waals surface area contributed by atoms with E-state index < -0.39 is 0 Å². The first-order valence-electron chi connectivity index (χ1n) is 3.63. The van der Waals surface area contributed by atoms with E-state index in [1.54, 1.807) is 0 Å². The van der Waals surface area contributed by atoms with Crippen molar-refractivity contribution in [1.82, 2.24) is 5.32 Å². The van der Waals surface area contributed by atoms with E-state index in [2.05, 4.69) is 19.2 Å². The van der Waals surface area contributed by atoms with Gasteiger partial charge in [0, 0.05) is 18.7 Å². The number of nitrogens with one attached hydrogen (secondary N) is 1. The van der Waals surface area contributed by atoms with Crippen LogP contribution in [0.5, 0.6) is 0 Å². The first-order valence-corrected chi connectivity index (χ1v) is 3.63. The van der Waals surface area contributed by atoms with Gasteiger partial charge in [-0.3, -0.25) is 0 Å². The van der Waals surface area contributed by atoms with Crippen molar-refractivity contribution < 1.29 is 4.74 Å². The fourth-order valence-corrected chi connectivity index (χ4v) is 1.14. The molecule has 1 heterocycles. The van der Waals surface area contributed by atoms with E-state index in [4.69, 9.17) is 4.74 Å². The van der Waals surface area contributed by atoms with Gasteiger partial charge in [0.05, 0.1) is 6.61 Å². The van der Waals surface area contributed by atoms with E-state index in [1.165, 1.54) is 6.42 Å². The molecule has 1 unspecified atom stereocenters. The predicted molar refractivity (Wildman–Crippen MR) is 37.5 cm³/mol. The van der Waals surface area contributed by atoms with Gasteiger partial charge in [-0.05, 0) is 6.42 Å². The van der Waals surface area contributed by atoms with Crippen LogP contribution in [0.1, 0.15) is 20.3 Å². The molecule has 1 N–H and O–H groups in total. The SMILES string of the molecule is CC(C)NC1CCOC1. The maximum atomic E-state index is 5.20. The third-order valence-corrected chi connectivity index (χ3v) is 1.50. The van der Waals surface area contributed by atoms with Gasteiger partial charge in [-0.1, -0.05) is 13.8 Å². The standard InChI is InChI=1S/C7H15NO/c1-6(2)8-7-3-4-9-5-7/h6-8H,3-5H2,1-2H3. The number of ether oxygens (including phenoxy) is 1. The lowest BCUT2D eigenvalue weighted by Gasteiger charge is -2.12. The number of hydrogen-bond donors (Lipinski definition) is 1. The Morgan fingerprint density at radius 2 is 2.33 bits per heavy atom. The maximum Gasteiger partial charge on any atom is 0.0620 e. The smallest absolute Gasteiger partial charge is 0.0620 e. The highest BCUT2D eigenvalue weighted by molar-refractivity contribution is 4.72. The molecule has 0 amide bonds. The highest BCUT2D eigenvalue weighted by atomic mass is 16.5. The third-order valence-electron chi connectivity index (χ3n) is 1.50. The Morgan fingerprint density at radius 1 is 1.56 bits per heavy atom. The Labute approximate surface area is 56.6 Å². The van der Waals surface area contributed by atoms with Crippen LogP contribution < -0.4 is 5.32 Å². The van der Waals surface area contributed by atoms with Crippen LogP contribution in [0.15, 0.2) is 0 Å². The van der Waals surface area contributed by atoms with E-state index in [1.807, 2.05) is 0 Å². The second kappa shape index (κ2) is 3.18. The van der Waals surface area contributed by atoms with Gasteiger partial charge in [0.15, 0.2) is 0 Å². The number of rotatable bonds is 2. The Balaban J connectivity index is 2.11. The summed E-state index contributed by atoms with van der Waals surface area (Å²) in [4.78, 5) is 0. The molecule has 1 rings (SSSR count). The van der Waals surface area contributed by atoms with Crippen molar-refractivity contribution in [2.75, 3.05) is 13.2 Å². The van der Waals surface area contributed by atoms with Crippen LogP contribution in [0.3, 0.4) is 0 Å². The lowest BCUT2D eigenvalue weighted by atomic mass is 10.2. The van der Waals surface area contributed by atoms with Gasteiger partial charge in [0.1, 0.15) is 0 Å². The van der Waals surface area contributed by atoms with Crippen LogP contribution >= 0.6 is 0 Å². The topological polar surface area (TPSA) is 21.3 Å². The molecule has 0 radical (unpaired) electrons. The minimum absolute atomic E-state index is 0.594.